The van der Waals surface area contributed by atoms with Gasteiger partial charge in [0.15, 0.2) is 6.10 Å². The summed E-state index contributed by atoms with van der Waals surface area (Å²) < 4.78 is 5.59. The van der Waals surface area contributed by atoms with Crippen molar-refractivity contribution < 1.29 is 9.53 Å². The van der Waals surface area contributed by atoms with Crippen molar-refractivity contribution in [2.24, 2.45) is 0 Å². The molecule has 104 valence electrons. The van der Waals surface area contributed by atoms with Crippen molar-refractivity contribution in [1.82, 2.24) is 10.6 Å². The average molecular weight is 283 g/mol. The summed E-state index contributed by atoms with van der Waals surface area (Å²) in [5, 5.41) is 6.79. The van der Waals surface area contributed by atoms with Crippen molar-refractivity contribution in [3.05, 3.63) is 29.3 Å². The number of carbonyl (C=O) groups is 1. The Balaban J connectivity index is 1.87. The van der Waals surface area contributed by atoms with E-state index in [2.05, 4.69) is 10.6 Å². The molecular formula is C14H19ClN2O2. The lowest BCUT2D eigenvalue weighted by molar-refractivity contribution is -0.128. The Morgan fingerprint density at radius 2 is 2.11 bits per heavy atom. The molecule has 1 heterocycles. The van der Waals surface area contributed by atoms with E-state index in [1.165, 1.54) is 0 Å². The van der Waals surface area contributed by atoms with E-state index < -0.39 is 6.10 Å². The van der Waals surface area contributed by atoms with E-state index in [1.807, 2.05) is 12.1 Å². The molecule has 1 fully saturated rings. The molecule has 2 N–H and O–H groups in total. The van der Waals surface area contributed by atoms with Crippen LogP contribution in [0.2, 0.25) is 5.02 Å². The monoisotopic (exact) mass is 282 g/mol. The molecule has 1 amide bonds. The molecule has 1 atom stereocenters. The molecule has 2 rings (SSSR count). The van der Waals surface area contributed by atoms with Gasteiger partial charge >= 0.3 is 0 Å². The van der Waals surface area contributed by atoms with E-state index in [4.69, 9.17) is 16.3 Å². The topological polar surface area (TPSA) is 50.4 Å². The Bertz CT molecular complexity index is 433. The molecular weight excluding hydrogens is 264 g/mol. The predicted octanol–water partition coefficient (Wildman–Crippen LogP) is 1.98. The molecule has 0 saturated carbocycles. The molecule has 4 nitrogen and oxygen atoms in total. The lowest BCUT2D eigenvalue weighted by Crippen LogP contribution is -2.47. The highest BCUT2D eigenvalue weighted by Crippen LogP contribution is 2.24. The fraction of sp³-hybridized carbons (Fsp3) is 0.500. The maximum Gasteiger partial charge on any atom is 0.260 e. The quantitative estimate of drug-likeness (QED) is 0.888. The first kappa shape index (κ1) is 14.2. The lowest BCUT2D eigenvalue weighted by Gasteiger charge is -2.25. The number of nitrogens with one attached hydrogen (secondary N) is 2. The van der Waals surface area contributed by atoms with Gasteiger partial charge in [-0.05, 0) is 45.0 Å². The molecule has 1 aromatic rings. The van der Waals surface area contributed by atoms with Crippen LogP contribution in [0.4, 0.5) is 0 Å². The lowest BCUT2D eigenvalue weighted by atomic mass is 10.1. The first-order chi connectivity index (χ1) is 9.16. The number of rotatable bonds is 4. The first-order valence-electron chi connectivity index (χ1n) is 6.59. The summed E-state index contributed by atoms with van der Waals surface area (Å²) in [6, 6.07) is 7.41. The molecule has 1 aliphatic rings. The van der Waals surface area contributed by atoms with E-state index in [-0.39, 0.29) is 11.9 Å². The predicted molar refractivity (Wildman–Crippen MR) is 75.6 cm³/mol. The highest BCUT2D eigenvalue weighted by Gasteiger charge is 2.20. The van der Waals surface area contributed by atoms with Crippen LogP contribution in [-0.4, -0.2) is 31.1 Å². The number of amides is 1. The Morgan fingerprint density at radius 1 is 1.42 bits per heavy atom. The van der Waals surface area contributed by atoms with Crippen LogP contribution in [0, 0.1) is 0 Å². The minimum atomic E-state index is -0.546. The van der Waals surface area contributed by atoms with Crippen LogP contribution in [0.5, 0.6) is 5.75 Å². The number of halogens is 1. The molecule has 1 aromatic carbocycles. The summed E-state index contributed by atoms with van der Waals surface area (Å²) in [5.41, 5.74) is 0. The molecule has 5 heteroatoms. The van der Waals surface area contributed by atoms with Crippen molar-refractivity contribution >= 4 is 17.5 Å². The smallest absolute Gasteiger partial charge is 0.260 e. The van der Waals surface area contributed by atoms with Crippen molar-refractivity contribution in [1.29, 1.82) is 0 Å². The highest BCUT2D eigenvalue weighted by molar-refractivity contribution is 6.32. The van der Waals surface area contributed by atoms with Gasteiger partial charge in [0.1, 0.15) is 5.75 Å². The number of hydrogen-bond donors (Lipinski definition) is 2. The Kier molecular flexibility index (Phi) is 5.05. The zero-order chi connectivity index (χ0) is 13.7. The molecule has 1 saturated heterocycles. The summed E-state index contributed by atoms with van der Waals surface area (Å²) in [6.45, 7) is 3.63. The molecule has 0 aliphatic carbocycles. The molecule has 0 aromatic heterocycles. The minimum absolute atomic E-state index is 0.0909. The molecule has 0 radical (unpaired) electrons. The normalized spacial score (nSPS) is 17.8. The molecule has 1 aliphatic heterocycles. The maximum atomic E-state index is 12.0. The van der Waals surface area contributed by atoms with Gasteiger partial charge in [0.2, 0.25) is 0 Å². The Morgan fingerprint density at radius 3 is 2.79 bits per heavy atom. The second-order valence-corrected chi connectivity index (χ2v) is 5.13. The summed E-state index contributed by atoms with van der Waals surface area (Å²) in [5.74, 6) is 0.448. The largest absolute Gasteiger partial charge is 0.479 e. The summed E-state index contributed by atoms with van der Waals surface area (Å²) >= 11 is 6.00. The number of para-hydroxylation sites is 1. The minimum Gasteiger partial charge on any atom is -0.479 e. The third-order valence-corrected chi connectivity index (χ3v) is 3.51. The summed E-state index contributed by atoms with van der Waals surface area (Å²) in [7, 11) is 0. The van der Waals surface area contributed by atoms with E-state index in [9.17, 15) is 4.79 Å². The Labute approximate surface area is 118 Å². The van der Waals surface area contributed by atoms with Crippen LogP contribution >= 0.6 is 11.6 Å². The van der Waals surface area contributed by atoms with Gasteiger partial charge in [-0.25, -0.2) is 0 Å². The fourth-order valence-electron chi connectivity index (χ4n) is 2.07. The highest BCUT2D eigenvalue weighted by atomic mass is 35.5. The van der Waals surface area contributed by atoms with Crippen LogP contribution in [0.25, 0.3) is 0 Å². The van der Waals surface area contributed by atoms with Gasteiger partial charge in [-0.15, -0.1) is 0 Å². The van der Waals surface area contributed by atoms with E-state index >= 15 is 0 Å². The molecule has 19 heavy (non-hydrogen) atoms. The number of benzene rings is 1. The summed E-state index contributed by atoms with van der Waals surface area (Å²) in [6.07, 6.45) is 1.38. The van der Waals surface area contributed by atoms with Gasteiger partial charge in [-0.1, -0.05) is 23.7 Å². The molecule has 1 unspecified atom stereocenters. The van der Waals surface area contributed by atoms with Crippen molar-refractivity contribution in [3.8, 4) is 5.75 Å². The van der Waals surface area contributed by atoms with Crippen molar-refractivity contribution in [3.63, 3.8) is 0 Å². The molecule has 0 spiro atoms. The van der Waals surface area contributed by atoms with Crippen molar-refractivity contribution in [2.75, 3.05) is 13.1 Å². The standard InChI is InChI=1S/C14H19ClN2O2/c1-10(19-13-5-3-2-4-12(13)15)14(18)17-11-6-8-16-9-7-11/h2-5,10-11,16H,6-9H2,1H3,(H,17,18). The van der Waals surface area contributed by atoms with E-state index in [1.54, 1.807) is 19.1 Å². The molecule has 0 bridgehead atoms. The zero-order valence-corrected chi connectivity index (χ0v) is 11.7. The van der Waals surface area contributed by atoms with Gasteiger partial charge in [0.25, 0.3) is 5.91 Å². The van der Waals surface area contributed by atoms with Gasteiger partial charge in [0.05, 0.1) is 5.02 Å². The van der Waals surface area contributed by atoms with Gasteiger partial charge < -0.3 is 15.4 Å². The fourth-order valence-corrected chi connectivity index (χ4v) is 2.25. The number of piperidine rings is 1. The SMILES string of the molecule is CC(Oc1ccccc1Cl)C(=O)NC1CCNCC1. The van der Waals surface area contributed by atoms with Crippen LogP contribution in [-0.2, 0) is 4.79 Å². The van der Waals surface area contributed by atoms with E-state index in [0.29, 0.717) is 10.8 Å². The number of ether oxygens (including phenoxy) is 1. The third-order valence-electron chi connectivity index (χ3n) is 3.20. The second-order valence-electron chi connectivity index (χ2n) is 4.72. The van der Waals surface area contributed by atoms with Gasteiger partial charge in [0, 0.05) is 6.04 Å². The van der Waals surface area contributed by atoms with Crippen molar-refractivity contribution in [2.45, 2.75) is 31.9 Å². The maximum absolute atomic E-state index is 12.0. The first-order valence-corrected chi connectivity index (χ1v) is 6.97. The van der Waals surface area contributed by atoms with Gasteiger partial charge in [-0.3, -0.25) is 4.79 Å². The van der Waals surface area contributed by atoms with Crippen LogP contribution in [0.15, 0.2) is 24.3 Å². The average Bonchev–Trinajstić information content (AvgIpc) is 2.42. The second kappa shape index (κ2) is 6.78. The van der Waals surface area contributed by atoms with Crippen LogP contribution < -0.4 is 15.4 Å². The number of hydrogen-bond acceptors (Lipinski definition) is 3. The third kappa shape index (κ3) is 4.11. The summed E-state index contributed by atoms with van der Waals surface area (Å²) in [4.78, 5) is 12.0. The van der Waals surface area contributed by atoms with E-state index in [0.717, 1.165) is 25.9 Å². The van der Waals surface area contributed by atoms with Crippen LogP contribution in [0.3, 0.4) is 0 Å². The number of carbonyl (C=O) groups excluding carboxylic acids is 1. The van der Waals surface area contributed by atoms with Gasteiger partial charge in [-0.2, -0.15) is 0 Å². The Hall–Kier alpha value is -1.26. The zero-order valence-electron chi connectivity index (χ0n) is 11.0. The van der Waals surface area contributed by atoms with Crippen LogP contribution in [0.1, 0.15) is 19.8 Å².